The van der Waals surface area contributed by atoms with Crippen LogP contribution in [0.1, 0.15) is 25.1 Å². The number of aromatic amines is 1. The number of H-pyrrole nitrogens is 1. The van der Waals surface area contributed by atoms with Gasteiger partial charge < -0.3 is 15.1 Å². The average molecular weight is 209 g/mol. The lowest BCUT2D eigenvalue weighted by atomic mass is 10.2. The lowest BCUT2D eigenvalue weighted by Gasteiger charge is -2.02. The van der Waals surface area contributed by atoms with Gasteiger partial charge in [-0.25, -0.2) is 4.98 Å². The van der Waals surface area contributed by atoms with Crippen molar-refractivity contribution < 1.29 is 9.59 Å². The maximum atomic E-state index is 11.3. The van der Waals surface area contributed by atoms with Gasteiger partial charge in [-0.15, -0.1) is 0 Å². The summed E-state index contributed by atoms with van der Waals surface area (Å²) in [4.78, 5) is 28.2. The van der Waals surface area contributed by atoms with Gasteiger partial charge in [0.2, 0.25) is 5.91 Å². The molecule has 0 aliphatic rings. The maximum absolute atomic E-state index is 11.3. The van der Waals surface area contributed by atoms with Crippen molar-refractivity contribution in [2.24, 2.45) is 0 Å². The van der Waals surface area contributed by atoms with Gasteiger partial charge in [-0.1, -0.05) is 0 Å². The number of aromatic nitrogens is 2. The molecule has 5 heteroatoms. The van der Waals surface area contributed by atoms with Crippen LogP contribution in [0.3, 0.4) is 0 Å². The van der Waals surface area contributed by atoms with E-state index >= 15 is 0 Å². The van der Waals surface area contributed by atoms with Gasteiger partial charge in [0.1, 0.15) is 12.1 Å². The fraction of sp³-hybridized carbons (Fsp3) is 0.500. The van der Waals surface area contributed by atoms with Crippen LogP contribution in [0.4, 0.5) is 0 Å². The standard InChI is InChI=1S/C10H15N3O2/c14-8-2-1-5-13-10(15)4-3-9-11-6-7-12-9/h6-8H,1-5H2,(H,11,12)(H,13,15). The van der Waals surface area contributed by atoms with Crippen LogP contribution in [0.15, 0.2) is 12.4 Å². The van der Waals surface area contributed by atoms with Crippen molar-refractivity contribution in [2.75, 3.05) is 6.54 Å². The number of amides is 1. The van der Waals surface area contributed by atoms with Gasteiger partial charge in [0.05, 0.1) is 0 Å². The van der Waals surface area contributed by atoms with Crippen LogP contribution in [0.2, 0.25) is 0 Å². The molecule has 0 aromatic carbocycles. The number of carbonyl (C=O) groups excluding carboxylic acids is 2. The summed E-state index contributed by atoms with van der Waals surface area (Å²) >= 11 is 0. The molecule has 0 spiro atoms. The number of unbranched alkanes of at least 4 members (excludes halogenated alkanes) is 1. The number of hydrogen-bond donors (Lipinski definition) is 2. The van der Waals surface area contributed by atoms with E-state index in [-0.39, 0.29) is 5.91 Å². The Hall–Kier alpha value is -1.65. The van der Waals surface area contributed by atoms with E-state index in [0.717, 1.165) is 12.1 Å². The number of rotatable bonds is 7. The zero-order valence-electron chi connectivity index (χ0n) is 8.53. The molecule has 5 nitrogen and oxygen atoms in total. The molecular weight excluding hydrogens is 194 g/mol. The number of aryl methyl sites for hydroxylation is 1. The van der Waals surface area contributed by atoms with Crippen LogP contribution < -0.4 is 5.32 Å². The maximum Gasteiger partial charge on any atom is 0.220 e. The molecule has 0 saturated carbocycles. The summed E-state index contributed by atoms with van der Waals surface area (Å²) in [6.07, 6.45) is 6.50. The number of hydrogen-bond acceptors (Lipinski definition) is 3. The van der Waals surface area contributed by atoms with E-state index in [0.29, 0.717) is 32.2 Å². The second-order valence-corrected chi connectivity index (χ2v) is 3.19. The van der Waals surface area contributed by atoms with Crippen LogP contribution in [0, 0.1) is 0 Å². The van der Waals surface area contributed by atoms with Gasteiger partial charge in [0.25, 0.3) is 0 Å². The van der Waals surface area contributed by atoms with E-state index in [1.54, 1.807) is 12.4 Å². The van der Waals surface area contributed by atoms with E-state index in [1.165, 1.54) is 0 Å². The minimum absolute atomic E-state index is 0.00250. The monoisotopic (exact) mass is 209 g/mol. The van der Waals surface area contributed by atoms with E-state index in [2.05, 4.69) is 15.3 Å². The molecule has 1 amide bonds. The first-order chi connectivity index (χ1) is 7.33. The van der Waals surface area contributed by atoms with Crippen molar-refractivity contribution in [3.05, 3.63) is 18.2 Å². The molecule has 82 valence electrons. The molecule has 1 rings (SSSR count). The van der Waals surface area contributed by atoms with Crippen LogP contribution in [0.5, 0.6) is 0 Å². The van der Waals surface area contributed by atoms with Gasteiger partial charge in [-0.05, 0) is 6.42 Å². The van der Waals surface area contributed by atoms with Gasteiger partial charge in [0.15, 0.2) is 0 Å². The molecule has 0 unspecified atom stereocenters. The lowest BCUT2D eigenvalue weighted by molar-refractivity contribution is -0.121. The topological polar surface area (TPSA) is 74.8 Å². The van der Waals surface area contributed by atoms with Crippen LogP contribution in [-0.4, -0.2) is 28.7 Å². The molecule has 15 heavy (non-hydrogen) atoms. The first kappa shape index (κ1) is 11.4. The Morgan fingerprint density at radius 1 is 1.60 bits per heavy atom. The van der Waals surface area contributed by atoms with Crippen molar-refractivity contribution in [2.45, 2.75) is 25.7 Å². The fourth-order valence-electron chi connectivity index (χ4n) is 1.17. The first-order valence-electron chi connectivity index (χ1n) is 5.01. The Morgan fingerprint density at radius 2 is 2.47 bits per heavy atom. The highest BCUT2D eigenvalue weighted by atomic mass is 16.1. The minimum Gasteiger partial charge on any atom is -0.356 e. The summed E-state index contributed by atoms with van der Waals surface area (Å²) in [6, 6.07) is 0. The Kier molecular flexibility index (Phi) is 5.14. The molecule has 2 N–H and O–H groups in total. The van der Waals surface area contributed by atoms with Crippen LogP contribution >= 0.6 is 0 Å². The summed E-state index contributed by atoms with van der Waals surface area (Å²) in [5, 5.41) is 2.74. The number of imidazole rings is 1. The summed E-state index contributed by atoms with van der Waals surface area (Å²) in [5.74, 6) is 0.815. The van der Waals surface area contributed by atoms with Crippen LogP contribution in [0.25, 0.3) is 0 Å². The number of nitrogens with zero attached hydrogens (tertiary/aromatic N) is 1. The van der Waals surface area contributed by atoms with E-state index < -0.39 is 0 Å². The SMILES string of the molecule is O=CCCCNC(=O)CCc1ncc[nH]1. The number of aldehydes is 1. The summed E-state index contributed by atoms with van der Waals surface area (Å²) in [7, 11) is 0. The van der Waals surface area contributed by atoms with E-state index in [4.69, 9.17) is 0 Å². The molecular formula is C10H15N3O2. The quantitative estimate of drug-likeness (QED) is 0.505. The highest BCUT2D eigenvalue weighted by Crippen LogP contribution is 1.94. The fourth-order valence-corrected chi connectivity index (χ4v) is 1.17. The van der Waals surface area contributed by atoms with E-state index in [9.17, 15) is 9.59 Å². The van der Waals surface area contributed by atoms with Crippen molar-refractivity contribution in [3.63, 3.8) is 0 Å². The van der Waals surface area contributed by atoms with Crippen LogP contribution in [-0.2, 0) is 16.0 Å². The molecule has 0 saturated heterocycles. The molecule has 0 aliphatic carbocycles. The van der Waals surface area contributed by atoms with Crippen molar-refractivity contribution in [1.29, 1.82) is 0 Å². The van der Waals surface area contributed by atoms with Gasteiger partial charge >= 0.3 is 0 Å². The highest BCUT2D eigenvalue weighted by Gasteiger charge is 2.02. The summed E-state index contributed by atoms with van der Waals surface area (Å²) < 4.78 is 0. The predicted octanol–water partition coefficient (Wildman–Crippen LogP) is 0.438. The first-order valence-corrected chi connectivity index (χ1v) is 5.01. The molecule has 1 aromatic rings. The third-order valence-corrected chi connectivity index (χ3v) is 1.96. The normalized spacial score (nSPS) is 9.87. The Morgan fingerprint density at radius 3 is 3.13 bits per heavy atom. The zero-order valence-corrected chi connectivity index (χ0v) is 8.53. The van der Waals surface area contributed by atoms with Crippen molar-refractivity contribution in [1.82, 2.24) is 15.3 Å². The highest BCUT2D eigenvalue weighted by molar-refractivity contribution is 5.76. The average Bonchev–Trinajstić information content (AvgIpc) is 2.74. The van der Waals surface area contributed by atoms with Gasteiger partial charge in [0, 0.05) is 38.2 Å². The molecule has 1 aromatic heterocycles. The number of carbonyl (C=O) groups is 2. The molecule has 1 heterocycles. The minimum atomic E-state index is -0.00250. The molecule has 0 bridgehead atoms. The molecule has 0 radical (unpaired) electrons. The molecule has 0 fully saturated rings. The lowest BCUT2D eigenvalue weighted by Crippen LogP contribution is -2.24. The number of nitrogens with one attached hydrogen (secondary N) is 2. The Labute approximate surface area is 88.3 Å². The third kappa shape index (κ3) is 4.95. The zero-order chi connectivity index (χ0) is 10.9. The Bertz CT molecular complexity index is 296. The van der Waals surface area contributed by atoms with E-state index in [1.807, 2.05) is 0 Å². The van der Waals surface area contributed by atoms with Gasteiger partial charge in [-0.3, -0.25) is 4.79 Å². The molecule has 0 atom stereocenters. The second kappa shape index (κ2) is 6.75. The summed E-state index contributed by atoms with van der Waals surface area (Å²) in [5.41, 5.74) is 0. The Balaban J connectivity index is 2.06. The van der Waals surface area contributed by atoms with Crippen molar-refractivity contribution >= 4 is 12.2 Å². The van der Waals surface area contributed by atoms with Gasteiger partial charge in [-0.2, -0.15) is 0 Å². The second-order valence-electron chi connectivity index (χ2n) is 3.19. The van der Waals surface area contributed by atoms with Crippen molar-refractivity contribution in [3.8, 4) is 0 Å². The molecule has 0 aliphatic heterocycles. The third-order valence-electron chi connectivity index (χ3n) is 1.96. The smallest absolute Gasteiger partial charge is 0.220 e. The summed E-state index contributed by atoms with van der Waals surface area (Å²) in [6.45, 7) is 0.565. The predicted molar refractivity (Wildman–Crippen MR) is 55.2 cm³/mol. The largest absolute Gasteiger partial charge is 0.356 e.